The normalized spacial score (nSPS) is 17.0. The second-order valence-corrected chi connectivity index (χ2v) is 65.2. The molecule has 0 aromatic carbocycles. The van der Waals surface area contributed by atoms with Gasteiger partial charge in [-0.1, -0.05) is 468 Å². The average molecular weight is 2270 g/mol. The molecule has 0 aliphatic rings. The van der Waals surface area contributed by atoms with Crippen molar-refractivity contribution in [3.8, 4) is 0 Å². The fourth-order valence-corrected chi connectivity index (χ4v) is 22.9. The quantitative estimate of drug-likeness (QED) is 0.0325. The molecule has 0 saturated heterocycles. The minimum absolute atomic E-state index is 0. The molecule has 0 aromatic rings. The Labute approximate surface area is 886 Å². The average Bonchev–Trinajstić information content (AvgIpc) is 0.936. The summed E-state index contributed by atoms with van der Waals surface area (Å²) < 4.78 is 77.4. The van der Waals surface area contributed by atoms with Gasteiger partial charge in [0.15, 0.2) is 12.5 Å². The van der Waals surface area contributed by atoms with Crippen LogP contribution in [0.1, 0.15) is 474 Å². The van der Waals surface area contributed by atoms with Gasteiger partial charge in [-0.05, 0) is 148 Å². The van der Waals surface area contributed by atoms with Gasteiger partial charge < -0.3 is 128 Å². The van der Waals surface area contributed by atoms with Gasteiger partial charge >= 0.3 is 21.1 Å². The zero-order valence-electron chi connectivity index (χ0n) is 87.1. The predicted octanol–water partition coefficient (Wildman–Crippen LogP) is 37.0. The Bertz CT molecular complexity index is 2050. The van der Waals surface area contributed by atoms with E-state index in [1.54, 1.807) is 0 Å². The van der Waals surface area contributed by atoms with Crippen LogP contribution in [0.4, 0.5) is 0 Å². The smallest absolute Gasteiger partial charge is 0.691 e. The van der Waals surface area contributed by atoms with Crippen LogP contribution in [-0.4, -0.2) is 83.5 Å². The summed E-state index contributed by atoms with van der Waals surface area (Å²) in [5.74, 6) is 6.84. The summed E-state index contributed by atoms with van der Waals surface area (Å²) in [7, 11) is 0. The van der Waals surface area contributed by atoms with Crippen molar-refractivity contribution in [3.05, 3.63) is 0 Å². The van der Waals surface area contributed by atoms with Gasteiger partial charge in [0.1, 0.15) is 0 Å². The standard InChI is InChI=1S/6C16H35O2PS2.Mo.OS/c6*1-5-9-11-15(7-3)13-17-19(20,21)18-14-16(8-4)12-10-6-2;;1-2/h6*15-16H,5-14H2,1-4H3,(H,20,21);;/q;;;;;;+6;/p-6. The molecule has 0 saturated carbocycles. The molecule has 0 heterocycles. The molecular weight excluding hydrogens is 2060 g/mol. The van der Waals surface area contributed by atoms with E-state index in [-0.39, 0.29) is 21.1 Å². The summed E-state index contributed by atoms with van der Waals surface area (Å²) in [5.41, 5.74) is -14.8. The van der Waals surface area contributed by atoms with Crippen LogP contribution in [-0.2, 0) is 232 Å². The molecule has 0 radical (unpaired) electrons. The maximum Gasteiger partial charge on any atom is 6.00 e. The molecule has 0 fully saturated rings. The molecule has 0 bridgehead atoms. The molecule has 780 valence electrons. The third kappa shape index (κ3) is 104. The summed E-state index contributed by atoms with van der Waals surface area (Å²) in [6.07, 6.45) is 57.6. The minimum atomic E-state index is -2.47. The molecule has 33 heteroatoms. The van der Waals surface area contributed by atoms with Crippen LogP contribution in [0.15, 0.2) is 0 Å². The van der Waals surface area contributed by atoms with Crippen molar-refractivity contribution in [2.45, 2.75) is 474 Å². The molecule has 0 amide bonds. The Kier molecular flexibility index (Phi) is 123. The van der Waals surface area contributed by atoms with Gasteiger partial charge in [0.05, 0.1) is 113 Å². The number of hydrogen-bond donors (Lipinski definition) is 0. The third-order valence-corrected chi connectivity index (χ3v) is 37.3. The van der Waals surface area contributed by atoms with Gasteiger partial charge in [-0.15, -0.1) is 0 Å². The van der Waals surface area contributed by atoms with E-state index in [1.165, 1.54) is 231 Å². The van der Waals surface area contributed by atoms with Crippen molar-refractivity contribution in [2.24, 2.45) is 71.0 Å². The number of unbranched alkanes of at least 4 members (excludes halogenated alkanes) is 12. The fraction of sp³-hybridized carbons (Fsp3) is 1.00. The van der Waals surface area contributed by atoms with Crippen LogP contribution in [0.25, 0.3) is 0 Å². The SMILES string of the molecule is CCCCC(CC)COP(=S)([S-])OCC(CC)CCCC.CCCCC(CC)COP(=S)([S-])OCC(CC)CCCC.CCCCC(CC)COP(=S)([S-])OCC(CC)CCCC.CCCCC(CC)COP(=S)([S-])OCC(CC)CCCC.CCCCC(CC)COP(=S)([S-])OCC(CC)CCCC.CCCCC(CC)COP(=S)([S-])OCC(CC)CCCC.O=S.[Mo+6]. The first kappa shape index (κ1) is 151. The molecule has 0 N–H and O–H groups in total. The van der Waals surface area contributed by atoms with E-state index in [0.717, 1.165) is 77.0 Å². The largest absolute Gasteiger partial charge is 6.00 e. The zero-order valence-corrected chi connectivity index (χ0v) is 105. The molecular formula is C96H204MoO13P6S13. The van der Waals surface area contributed by atoms with Crippen molar-refractivity contribution >= 4 is 191 Å². The molecule has 0 rings (SSSR count). The predicted molar refractivity (Wildman–Crippen MR) is 609 cm³/mol. The molecule has 13 nitrogen and oxygen atoms in total. The van der Waals surface area contributed by atoms with Gasteiger partial charge in [-0.2, -0.15) is 4.21 Å². The molecule has 0 aliphatic heterocycles. The van der Waals surface area contributed by atoms with Crippen molar-refractivity contribution in [1.29, 1.82) is 0 Å². The fourth-order valence-electron chi connectivity index (χ4n) is 13.4. The van der Waals surface area contributed by atoms with E-state index >= 15 is 0 Å². The van der Waals surface area contributed by atoms with E-state index < -0.39 is 34.2 Å². The molecule has 0 spiro atoms. The van der Waals surface area contributed by atoms with Gasteiger partial charge in [-0.25, -0.2) is 0 Å². The van der Waals surface area contributed by atoms with Gasteiger partial charge in [-0.3, -0.25) is 0 Å². The Morgan fingerprint density at radius 1 is 0.163 bits per heavy atom. The molecule has 12 unspecified atom stereocenters. The van der Waals surface area contributed by atoms with Crippen molar-refractivity contribution in [1.82, 2.24) is 0 Å². The van der Waals surface area contributed by atoms with E-state index in [1.807, 2.05) is 0 Å². The van der Waals surface area contributed by atoms with Crippen molar-refractivity contribution in [3.63, 3.8) is 0 Å². The Hall–Kier alpha value is 6.23. The number of rotatable bonds is 84. The van der Waals surface area contributed by atoms with Crippen LogP contribution in [0.2, 0.25) is 0 Å². The summed E-state index contributed by atoms with van der Waals surface area (Å²) in [4.78, 5) is 0. The first-order valence-corrected chi connectivity index (χ1v) is 73.9. The van der Waals surface area contributed by atoms with Crippen LogP contribution >= 0.6 is 34.2 Å². The van der Waals surface area contributed by atoms with Gasteiger partial charge in [0.2, 0.25) is 0 Å². The minimum Gasteiger partial charge on any atom is -0.691 e. The maximum absolute atomic E-state index is 7.83. The van der Waals surface area contributed by atoms with Crippen LogP contribution < -0.4 is 0 Å². The van der Waals surface area contributed by atoms with Gasteiger partial charge in [0, 0.05) is 0 Å². The van der Waals surface area contributed by atoms with Crippen LogP contribution in [0, 0.1) is 71.0 Å². The van der Waals surface area contributed by atoms with Crippen LogP contribution in [0.5, 0.6) is 0 Å². The first-order valence-electron chi connectivity index (χ1n) is 51.7. The monoisotopic (exact) mass is 2260 g/mol. The zero-order chi connectivity index (χ0) is 98.8. The third-order valence-electron chi connectivity index (χ3n) is 24.1. The Morgan fingerprint density at radius 2 is 0.225 bits per heavy atom. The second-order valence-electron chi connectivity index (χ2n) is 35.2. The van der Waals surface area contributed by atoms with E-state index in [9.17, 15) is 0 Å². The molecule has 0 aromatic heterocycles. The number of hydrogen-bond acceptors (Lipinski definition) is 26. The summed E-state index contributed by atoms with van der Waals surface area (Å²) >= 11 is 67.4. The summed E-state index contributed by atoms with van der Waals surface area (Å²) in [5, 5.41) is 0. The second kappa shape index (κ2) is 106. The summed E-state index contributed by atoms with van der Waals surface area (Å²) in [6, 6.07) is 0. The van der Waals surface area contributed by atoms with E-state index in [4.69, 9.17) is 203 Å². The molecule has 0 aliphatic carbocycles. The Morgan fingerprint density at radius 3 is 0.271 bits per heavy atom. The maximum atomic E-state index is 7.83. The van der Waals surface area contributed by atoms with Crippen molar-refractivity contribution < 1.29 is 79.6 Å². The topological polar surface area (TPSA) is 128 Å². The van der Waals surface area contributed by atoms with E-state index in [2.05, 4.69) is 179 Å². The summed E-state index contributed by atoms with van der Waals surface area (Å²) in [6.45, 7) is 61.1. The van der Waals surface area contributed by atoms with Crippen LogP contribution in [0.3, 0.4) is 0 Å². The van der Waals surface area contributed by atoms with Gasteiger partial charge in [0.25, 0.3) is 0 Å². The first-order chi connectivity index (χ1) is 60.9. The molecule has 129 heavy (non-hydrogen) atoms. The van der Waals surface area contributed by atoms with E-state index in [0.29, 0.717) is 150 Å². The van der Waals surface area contributed by atoms with Crippen molar-refractivity contribution in [2.75, 3.05) is 79.3 Å². The molecule has 12 atom stereocenters. The Balaban J connectivity index is -0.000000226.